The number of rotatable bonds is 8. The maximum Gasteiger partial charge on any atom is 0.326 e. The van der Waals surface area contributed by atoms with E-state index < -0.39 is 18.0 Å². The van der Waals surface area contributed by atoms with Crippen molar-refractivity contribution in [2.75, 3.05) is 23.4 Å². The molecule has 0 bridgehead atoms. The quantitative estimate of drug-likeness (QED) is 0.517. The zero-order valence-corrected chi connectivity index (χ0v) is 18.6. The summed E-state index contributed by atoms with van der Waals surface area (Å²) in [6.45, 7) is 1.44. The second-order valence-corrected chi connectivity index (χ2v) is 7.66. The highest BCUT2D eigenvalue weighted by Crippen LogP contribution is 2.31. The van der Waals surface area contributed by atoms with Crippen molar-refractivity contribution in [1.82, 2.24) is 0 Å². The molecule has 34 heavy (non-hydrogen) atoms. The predicted molar refractivity (Wildman–Crippen MR) is 126 cm³/mol. The number of hydrogen-bond donors (Lipinski definition) is 1. The van der Waals surface area contributed by atoms with Crippen molar-refractivity contribution >= 4 is 29.2 Å². The molecule has 4 rings (SSSR count). The first-order chi connectivity index (χ1) is 16.5. The minimum atomic E-state index is -1.05. The fraction of sp³-hybridized carbons (Fsp3) is 0.192. The Morgan fingerprint density at radius 2 is 1.71 bits per heavy atom. The Morgan fingerprint density at radius 1 is 1.00 bits per heavy atom. The molecule has 0 aliphatic carbocycles. The number of nitrogens with zero attached hydrogens (tertiary/aromatic N) is 1. The molecule has 0 radical (unpaired) electrons. The van der Waals surface area contributed by atoms with Gasteiger partial charge in [-0.2, -0.15) is 0 Å². The molecule has 0 saturated carbocycles. The predicted octanol–water partition coefficient (Wildman–Crippen LogP) is 3.56. The Bertz CT molecular complexity index is 1160. The van der Waals surface area contributed by atoms with Crippen molar-refractivity contribution in [2.45, 2.75) is 19.6 Å². The van der Waals surface area contributed by atoms with Gasteiger partial charge >= 0.3 is 5.97 Å². The van der Waals surface area contributed by atoms with Crippen LogP contribution in [0, 0.1) is 0 Å². The number of esters is 1. The summed E-state index contributed by atoms with van der Waals surface area (Å²) >= 11 is 0. The fourth-order valence-electron chi connectivity index (χ4n) is 3.36. The Labute approximate surface area is 197 Å². The molecule has 2 amide bonds. The standard InChI is InChI=1S/C26H24N2O6/c1-18(34-25(30)15-28-22-9-5-6-10-23(22)33-17-24(28)29)26(31)27-20-11-13-21(14-12-20)32-16-19-7-3-2-4-8-19/h2-14,18H,15-17H2,1H3,(H,27,31). The molecule has 1 atom stereocenters. The SMILES string of the molecule is CC(OC(=O)CN1C(=O)COc2ccccc21)C(=O)Nc1ccc(OCc2ccccc2)cc1. The van der Waals surface area contributed by atoms with E-state index in [2.05, 4.69) is 5.32 Å². The molecule has 8 heteroatoms. The van der Waals surface area contributed by atoms with Crippen molar-refractivity contribution in [1.29, 1.82) is 0 Å². The van der Waals surface area contributed by atoms with Crippen LogP contribution in [-0.4, -0.2) is 37.0 Å². The van der Waals surface area contributed by atoms with Gasteiger partial charge in [-0.15, -0.1) is 0 Å². The van der Waals surface area contributed by atoms with E-state index in [-0.39, 0.29) is 19.1 Å². The molecular formula is C26H24N2O6. The van der Waals surface area contributed by atoms with Crippen LogP contribution in [0.25, 0.3) is 0 Å². The lowest BCUT2D eigenvalue weighted by Crippen LogP contribution is -2.43. The number of hydrogen-bond acceptors (Lipinski definition) is 6. The summed E-state index contributed by atoms with van der Waals surface area (Å²) < 4.78 is 16.3. The monoisotopic (exact) mass is 460 g/mol. The first-order valence-corrected chi connectivity index (χ1v) is 10.8. The van der Waals surface area contributed by atoms with E-state index in [0.29, 0.717) is 29.5 Å². The smallest absolute Gasteiger partial charge is 0.326 e. The summed E-state index contributed by atoms with van der Waals surface area (Å²) in [5.74, 6) is -0.367. The number of ether oxygens (including phenoxy) is 3. The number of fused-ring (bicyclic) bond motifs is 1. The van der Waals surface area contributed by atoms with E-state index in [0.717, 1.165) is 5.56 Å². The summed E-state index contributed by atoms with van der Waals surface area (Å²) in [6.07, 6.45) is -1.05. The second kappa shape index (κ2) is 10.5. The Kier molecular flexibility index (Phi) is 7.07. The Balaban J connectivity index is 1.27. The van der Waals surface area contributed by atoms with Gasteiger partial charge in [0.1, 0.15) is 24.7 Å². The van der Waals surface area contributed by atoms with Crippen molar-refractivity contribution in [3.63, 3.8) is 0 Å². The lowest BCUT2D eigenvalue weighted by molar-refractivity contribution is -0.152. The highest BCUT2D eigenvalue weighted by molar-refractivity contribution is 6.02. The molecule has 1 heterocycles. The van der Waals surface area contributed by atoms with Crippen LogP contribution in [0.15, 0.2) is 78.9 Å². The molecule has 3 aromatic carbocycles. The van der Waals surface area contributed by atoms with E-state index in [9.17, 15) is 14.4 Å². The van der Waals surface area contributed by atoms with Gasteiger partial charge in [-0.1, -0.05) is 42.5 Å². The van der Waals surface area contributed by atoms with Crippen molar-refractivity contribution in [3.05, 3.63) is 84.4 Å². The molecular weight excluding hydrogens is 436 g/mol. The summed E-state index contributed by atoms with van der Waals surface area (Å²) in [5.41, 5.74) is 2.08. The number of amides is 2. The van der Waals surface area contributed by atoms with Crippen LogP contribution < -0.4 is 19.7 Å². The minimum Gasteiger partial charge on any atom is -0.489 e. The fourth-order valence-corrected chi connectivity index (χ4v) is 3.36. The van der Waals surface area contributed by atoms with Crippen molar-refractivity contribution in [3.8, 4) is 11.5 Å². The van der Waals surface area contributed by atoms with Crippen LogP contribution in [0.4, 0.5) is 11.4 Å². The van der Waals surface area contributed by atoms with E-state index >= 15 is 0 Å². The average Bonchev–Trinajstić information content (AvgIpc) is 2.86. The number of carbonyl (C=O) groups excluding carboxylic acids is 3. The van der Waals surface area contributed by atoms with Crippen LogP contribution in [0.2, 0.25) is 0 Å². The van der Waals surface area contributed by atoms with Crippen LogP contribution in [0.1, 0.15) is 12.5 Å². The molecule has 174 valence electrons. The molecule has 1 aliphatic heterocycles. The lowest BCUT2D eigenvalue weighted by atomic mass is 10.2. The summed E-state index contributed by atoms with van der Waals surface area (Å²) in [5, 5.41) is 2.70. The van der Waals surface area contributed by atoms with E-state index in [4.69, 9.17) is 14.2 Å². The van der Waals surface area contributed by atoms with E-state index in [1.807, 2.05) is 30.3 Å². The molecule has 1 unspecified atom stereocenters. The molecule has 0 aromatic heterocycles. The molecule has 8 nitrogen and oxygen atoms in total. The first-order valence-electron chi connectivity index (χ1n) is 10.8. The summed E-state index contributed by atoms with van der Waals surface area (Å²) in [4.78, 5) is 38.4. The molecule has 3 aromatic rings. The number of nitrogens with one attached hydrogen (secondary N) is 1. The van der Waals surface area contributed by atoms with Gasteiger partial charge in [0, 0.05) is 5.69 Å². The Morgan fingerprint density at radius 3 is 2.47 bits per heavy atom. The van der Waals surface area contributed by atoms with E-state index in [1.165, 1.54) is 11.8 Å². The van der Waals surface area contributed by atoms with Gasteiger partial charge in [0.25, 0.3) is 11.8 Å². The Hall–Kier alpha value is -4.33. The van der Waals surface area contributed by atoms with Gasteiger partial charge in [-0.3, -0.25) is 19.3 Å². The topological polar surface area (TPSA) is 94.2 Å². The number of para-hydroxylation sites is 2. The molecule has 1 N–H and O–H groups in total. The first kappa shape index (κ1) is 22.8. The van der Waals surface area contributed by atoms with Crippen molar-refractivity contribution < 1.29 is 28.6 Å². The minimum absolute atomic E-state index is 0.161. The normalized spacial score (nSPS) is 13.3. The molecule has 0 saturated heterocycles. The van der Waals surface area contributed by atoms with Gasteiger partial charge in [0.15, 0.2) is 12.7 Å². The zero-order chi connectivity index (χ0) is 23.9. The number of anilines is 2. The third kappa shape index (κ3) is 5.72. The van der Waals surface area contributed by atoms with Gasteiger partial charge in [0.2, 0.25) is 0 Å². The maximum atomic E-state index is 12.5. The molecule has 1 aliphatic rings. The summed E-state index contributed by atoms with van der Waals surface area (Å²) in [6, 6.07) is 23.6. The van der Waals surface area contributed by atoms with Gasteiger partial charge in [0.05, 0.1) is 5.69 Å². The number of carbonyl (C=O) groups is 3. The third-order valence-corrected chi connectivity index (χ3v) is 5.14. The van der Waals surface area contributed by atoms with Gasteiger partial charge in [-0.05, 0) is 48.9 Å². The van der Waals surface area contributed by atoms with Crippen LogP contribution in [-0.2, 0) is 25.7 Å². The van der Waals surface area contributed by atoms with Crippen LogP contribution >= 0.6 is 0 Å². The second-order valence-electron chi connectivity index (χ2n) is 7.66. The highest BCUT2D eigenvalue weighted by atomic mass is 16.5. The average molecular weight is 460 g/mol. The molecule has 0 spiro atoms. The number of benzene rings is 3. The zero-order valence-electron chi connectivity index (χ0n) is 18.6. The highest BCUT2D eigenvalue weighted by Gasteiger charge is 2.28. The third-order valence-electron chi connectivity index (χ3n) is 5.14. The van der Waals surface area contributed by atoms with E-state index in [1.54, 1.807) is 48.5 Å². The maximum absolute atomic E-state index is 12.5. The molecule has 0 fully saturated rings. The van der Waals surface area contributed by atoms with Crippen molar-refractivity contribution in [2.24, 2.45) is 0 Å². The van der Waals surface area contributed by atoms with Gasteiger partial charge in [-0.25, -0.2) is 0 Å². The van der Waals surface area contributed by atoms with Crippen LogP contribution in [0.3, 0.4) is 0 Å². The van der Waals surface area contributed by atoms with Gasteiger partial charge < -0.3 is 19.5 Å². The largest absolute Gasteiger partial charge is 0.489 e. The summed E-state index contributed by atoms with van der Waals surface area (Å²) in [7, 11) is 0. The van der Waals surface area contributed by atoms with Crippen LogP contribution in [0.5, 0.6) is 11.5 Å². The lowest BCUT2D eigenvalue weighted by Gasteiger charge is -2.28.